The first-order chi connectivity index (χ1) is 8.04. The van der Waals surface area contributed by atoms with E-state index in [2.05, 4.69) is 4.98 Å². The molecular formula is C12H12N2O3. The molecular weight excluding hydrogens is 220 g/mol. The van der Waals surface area contributed by atoms with Gasteiger partial charge in [-0.15, -0.1) is 0 Å². The van der Waals surface area contributed by atoms with Crippen molar-refractivity contribution in [3.8, 4) is 0 Å². The molecule has 0 unspecified atom stereocenters. The van der Waals surface area contributed by atoms with Gasteiger partial charge >= 0.3 is 0 Å². The maximum atomic E-state index is 11.7. The predicted molar refractivity (Wildman–Crippen MR) is 65.3 cm³/mol. The van der Waals surface area contributed by atoms with Crippen LogP contribution in [0.25, 0.3) is 10.9 Å². The van der Waals surface area contributed by atoms with Gasteiger partial charge in [-0.2, -0.15) is 0 Å². The number of nitrogens with one attached hydrogen (secondary N) is 1. The van der Waals surface area contributed by atoms with Crippen molar-refractivity contribution in [2.45, 2.75) is 20.3 Å². The van der Waals surface area contributed by atoms with E-state index in [-0.39, 0.29) is 11.2 Å². The van der Waals surface area contributed by atoms with Crippen LogP contribution in [0.15, 0.2) is 23.0 Å². The Kier molecular flexibility index (Phi) is 2.67. The van der Waals surface area contributed by atoms with Crippen molar-refractivity contribution in [1.29, 1.82) is 0 Å². The second-order valence-electron chi connectivity index (χ2n) is 3.90. The Bertz CT molecular complexity index is 659. The molecule has 0 aliphatic heterocycles. The molecule has 0 bridgehead atoms. The van der Waals surface area contributed by atoms with Crippen LogP contribution >= 0.6 is 0 Å². The van der Waals surface area contributed by atoms with Gasteiger partial charge in [-0.05, 0) is 25.0 Å². The third-order valence-corrected chi connectivity index (χ3v) is 2.95. The van der Waals surface area contributed by atoms with Gasteiger partial charge in [-0.3, -0.25) is 14.9 Å². The van der Waals surface area contributed by atoms with Gasteiger partial charge in [0.25, 0.3) is 11.2 Å². The highest BCUT2D eigenvalue weighted by Crippen LogP contribution is 2.22. The Morgan fingerprint density at radius 3 is 2.71 bits per heavy atom. The van der Waals surface area contributed by atoms with Gasteiger partial charge in [0.1, 0.15) is 0 Å². The highest BCUT2D eigenvalue weighted by atomic mass is 16.6. The van der Waals surface area contributed by atoms with Gasteiger partial charge in [0.15, 0.2) is 0 Å². The van der Waals surface area contributed by atoms with Crippen molar-refractivity contribution in [3.05, 3.63) is 49.8 Å². The van der Waals surface area contributed by atoms with E-state index in [1.54, 1.807) is 6.07 Å². The van der Waals surface area contributed by atoms with Crippen molar-refractivity contribution < 1.29 is 4.92 Å². The van der Waals surface area contributed by atoms with Crippen LogP contribution in [-0.4, -0.2) is 9.91 Å². The SMILES string of the molecule is CCc1c(C)c2cc([N+](=O)[O-])ccc2[nH]c1=O. The minimum Gasteiger partial charge on any atom is -0.322 e. The number of hydrogen-bond donors (Lipinski definition) is 1. The smallest absolute Gasteiger partial charge is 0.270 e. The summed E-state index contributed by atoms with van der Waals surface area (Å²) in [5, 5.41) is 11.4. The largest absolute Gasteiger partial charge is 0.322 e. The summed E-state index contributed by atoms with van der Waals surface area (Å²) in [6.45, 7) is 3.71. The average Bonchev–Trinajstić information content (AvgIpc) is 2.29. The average molecular weight is 232 g/mol. The molecule has 0 aliphatic carbocycles. The Morgan fingerprint density at radius 1 is 1.41 bits per heavy atom. The molecule has 0 atom stereocenters. The Labute approximate surface area is 97.2 Å². The van der Waals surface area contributed by atoms with E-state index in [1.165, 1.54) is 12.1 Å². The lowest BCUT2D eigenvalue weighted by Gasteiger charge is -2.06. The number of H-pyrrole nitrogens is 1. The maximum absolute atomic E-state index is 11.7. The van der Waals surface area contributed by atoms with Gasteiger partial charge < -0.3 is 4.98 Å². The molecule has 1 heterocycles. The Hall–Kier alpha value is -2.17. The first kappa shape index (κ1) is 11.3. The molecule has 1 aromatic heterocycles. The number of aryl methyl sites for hydroxylation is 1. The van der Waals surface area contributed by atoms with E-state index in [1.807, 2.05) is 13.8 Å². The summed E-state index contributed by atoms with van der Waals surface area (Å²) in [4.78, 5) is 24.7. The van der Waals surface area contributed by atoms with Crippen LogP contribution in [0.2, 0.25) is 0 Å². The number of non-ortho nitro benzene ring substituents is 1. The second-order valence-corrected chi connectivity index (χ2v) is 3.90. The Morgan fingerprint density at radius 2 is 2.12 bits per heavy atom. The molecule has 0 saturated heterocycles. The number of nitro groups is 1. The van der Waals surface area contributed by atoms with Crippen molar-refractivity contribution in [2.24, 2.45) is 0 Å². The number of hydrogen-bond acceptors (Lipinski definition) is 3. The van der Waals surface area contributed by atoms with Gasteiger partial charge in [0.2, 0.25) is 0 Å². The number of fused-ring (bicyclic) bond motifs is 1. The van der Waals surface area contributed by atoms with Crippen molar-refractivity contribution in [2.75, 3.05) is 0 Å². The standard InChI is InChI=1S/C12H12N2O3/c1-3-9-7(2)10-6-8(14(16)17)4-5-11(10)13-12(9)15/h4-6H,3H2,1-2H3,(H,13,15). The van der Waals surface area contributed by atoms with Crippen LogP contribution in [0.1, 0.15) is 18.1 Å². The number of benzene rings is 1. The molecule has 88 valence electrons. The summed E-state index contributed by atoms with van der Waals surface area (Å²) in [5.41, 5.74) is 2.05. The highest BCUT2D eigenvalue weighted by molar-refractivity contribution is 5.84. The minimum absolute atomic E-state index is 0.0368. The minimum atomic E-state index is -0.435. The molecule has 0 spiro atoms. The summed E-state index contributed by atoms with van der Waals surface area (Å²) in [7, 11) is 0. The van der Waals surface area contributed by atoms with Crippen LogP contribution in [0.3, 0.4) is 0 Å². The van der Waals surface area contributed by atoms with Crippen LogP contribution in [0.5, 0.6) is 0 Å². The van der Waals surface area contributed by atoms with E-state index >= 15 is 0 Å². The molecule has 2 rings (SSSR count). The van der Waals surface area contributed by atoms with Crippen molar-refractivity contribution in [3.63, 3.8) is 0 Å². The molecule has 1 N–H and O–H groups in total. The summed E-state index contributed by atoms with van der Waals surface area (Å²) in [6.07, 6.45) is 0.611. The zero-order chi connectivity index (χ0) is 12.6. The molecule has 0 amide bonds. The predicted octanol–water partition coefficient (Wildman–Crippen LogP) is 2.31. The molecule has 5 heteroatoms. The van der Waals surface area contributed by atoms with Gasteiger partial charge in [0.05, 0.1) is 4.92 Å². The van der Waals surface area contributed by atoms with Crippen LogP contribution in [-0.2, 0) is 6.42 Å². The number of rotatable bonds is 2. The lowest BCUT2D eigenvalue weighted by atomic mass is 10.0. The highest BCUT2D eigenvalue weighted by Gasteiger charge is 2.11. The van der Waals surface area contributed by atoms with Gasteiger partial charge in [-0.1, -0.05) is 6.92 Å². The van der Waals surface area contributed by atoms with Crippen molar-refractivity contribution >= 4 is 16.6 Å². The lowest BCUT2D eigenvalue weighted by Crippen LogP contribution is -2.14. The third kappa shape index (κ3) is 1.80. The Balaban J connectivity index is 2.85. The first-order valence-corrected chi connectivity index (χ1v) is 5.34. The summed E-state index contributed by atoms with van der Waals surface area (Å²) in [5.74, 6) is 0. The lowest BCUT2D eigenvalue weighted by molar-refractivity contribution is -0.384. The van der Waals surface area contributed by atoms with Crippen LogP contribution in [0.4, 0.5) is 5.69 Å². The number of aromatic amines is 1. The number of nitro benzene ring substituents is 1. The first-order valence-electron chi connectivity index (χ1n) is 5.34. The molecule has 0 radical (unpaired) electrons. The number of pyridine rings is 1. The molecule has 0 saturated carbocycles. The molecule has 0 fully saturated rings. The fourth-order valence-corrected chi connectivity index (χ4v) is 2.02. The van der Waals surface area contributed by atoms with E-state index in [9.17, 15) is 14.9 Å². The van der Waals surface area contributed by atoms with E-state index in [4.69, 9.17) is 0 Å². The monoisotopic (exact) mass is 232 g/mol. The third-order valence-electron chi connectivity index (χ3n) is 2.95. The van der Waals surface area contributed by atoms with Gasteiger partial charge in [0, 0.05) is 28.6 Å². The molecule has 5 nitrogen and oxygen atoms in total. The number of aromatic nitrogens is 1. The number of nitrogens with zero attached hydrogens (tertiary/aromatic N) is 1. The normalized spacial score (nSPS) is 10.7. The van der Waals surface area contributed by atoms with Crippen molar-refractivity contribution in [1.82, 2.24) is 4.98 Å². The zero-order valence-electron chi connectivity index (χ0n) is 9.61. The fraction of sp³-hybridized carbons (Fsp3) is 0.250. The van der Waals surface area contributed by atoms with Gasteiger partial charge in [-0.25, -0.2) is 0 Å². The molecule has 2 aromatic rings. The topological polar surface area (TPSA) is 76.0 Å². The van der Waals surface area contributed by atoms with E-state index in [0.717, 1.165) is 10.9 Å². The summed E-state index contributed by atoms with van der Waals surface area (Å²) < 4.78 is 0. The second kappa shape index (κ2) is 4.01. The fourth-order valence-electron chi connectivity index (χ4n) is 2.02. The maximum Gasteiger partial charge on any atom is 0.270 e. The summed E-state index contributed by atoms with van der Waals surface area (Å²) in [6, 6.07) is 4.46. The molecule has 1 aromatic carbocycles. The molecule has 17 heavy (non-hydrogen) atoms. The molecule has 0 aliphatic rings. The van der Waals surface area contributed by atoms with Crippen LogP contribution in [0, 0.1) is 17.0 Å². The van der Waals surface area contributed by atoms with E-state index < -0.39 is 4.92 Å². The van der Waals surface area contributed by atoms with Crippen LogP contribution < -0.4 is 5.56 Å². The van der Waals surface area contributed by atoms with E-state index in [0.29, 0.717) is 17.5 Å². The zero-order valence-corrected chi connectivity index (χ0v) is 9.61. The summed E-state index contributed by atoms with van der Waals surface area (Å²) >= 11 is 0. The quantitative estimate of drug-likeness (QED) is 0.637.